The Labute approximate surface area is 116 Å². The molecule has 3 heteroatoms. The molecule has 3 nitrogen and oxygen atoms in total. The van der Waals surface area contributed by atoms with Crippen molar-refractivity contribution in [2.45, 2.75) is 6.92 Å². The summed E-state index contributed by atoms with van der Waals surface area (Å²) in [6.07, 6.45) is 2.02. The van der Waals surface area contributed by atoms with E-state index in [2.05, 4.69) is 41.3 Å². The lowest BCUT2D eigenvalue weighted by Gasteiger charge is -1.98. The molecule has 0 fully saturated rings. The number of nitrogens with zero attached hydrogens (tertiary/aromatic N) is 3. The number of hydrogen-bond donors (Lipinski definition) is 0. The van der Waals surface area contributed by atoms with E-state index >= 15 is 0 Å². The zero-order valence-corrected chi connectivity index (χ0v) is 11.1. The van der Waals surface area contributed by atoms with Gasteiger partial charge in [-0.05, 0) is 36.8 Å². The average molecular weight is 259 g/mol. The minimum Gasteiger partial charge on any atom is -0.238 e. The number of pyridine rings is 1. The van der Waals surface area contributed by atoms with Crippen molar-refractivity contribution in [2.24, 2.45) is 0 Å². The van der Waals surface area contributed by atoms with Crippen LogP contribution in [0.5, 0.6) is 0 Å². The van der Waals surface area contributed by atoms with Crippen molar-refractivity contribution in [3.63, 3.8) is 0 Å². The molecule has 0 spiro atoms. The number of fused-ring (bicyclic) bond motifs is 2. The van der Waals surface area contributed by atoms with Crippen molar-refractivity contribution < 1.29 is 0 Å². The maximum absolute atomic E-state index is 4.65. The van der Waals surface area contributed by atoms with Crippen LogP contribution < -0.4 is 0 Å². The predicted octanol–water partition coefficient (Wildman–Crippen LogP) is 3.88. The van der Waals surface area contributed by atoms with E-state index < -0.39 is 0 Å². The van der Waals surface area contributed by atoms with Crippen LogP contribution in [0.4, 0.5) is 0 Å². The largest absolute Gasteiger partial charge is 0.238 e. The highest BCUT2D eigenvalue weighted by molar-refractivity contribution is 5.91. The number of hydrogen-bond acceptors (Lipinski definition) is 2. The van der Waals surface area contributed by atoms with Gasteiger partial charge in [-0.3, -0.25) is 0 Å². The lowest BCUT2D eigenvalue weighted by molar-refractivity contribution is 0.891. The van der Waals surface area contributed by atoms with E-state index in [-0.39, 0.29) is 0 Å². The van der Waals surface area contributed by atoms with Gasteiger partial charge in [-0.15, -0.1) is 5.10 Å². The molecule has 96 valence electrons. The molecule has 0 amide bonds. The van der Waals surface area contributed by atoms with E-state index in [1.54, 1.807) is 0 Å². The lowest BCUT2D eigenvalue weighted by Crippen LogP contribution is -1.93. The Hall–Kier alpha value is -2.68. The maximum Gasteiger partial charge on any atom is 0.182 e. The van der Waals surface area contributed by atoms with Crippen LogP contribution in [0.1, 0.15) is 5.56 Å². The highest BCUT2D eigenvalue weighted by atomic mass is 15.3. The van der Waals surface area contributed by atoms with Crippen LogP contribution in [0.15, 0.2) is 60.8 Å². The third-order valence-corrected chi connectivity index (χ3v) is 3.47. The first-order chi connectivity index (χ1) is 9.79. The lowest BCUT2D eigenvalue weighted by atomic mass is 10.1. The molecule has 4 aromatic rings. The number of aryl methyl sites for hydroxylation is 1. The number of benzene rings is 2. The van der Waals surface area contributed by atoms with Gasteiger partial charge in [0.05, 0.1) is 11.2 Å². The number of rotatable bonds is 1. The molecule has 0 saturated carbocycles. The van der Waals surface area contributed by atoms with Crippen LogP contribution in [0.2, 0.25) is 0 Å². The fourth-order valence-corrected chi connectivity index (χ4v) is 2.43. The van der Waals surface area contributed by atoms with E-state index in [9.17, 15) is 0 Å². The van der Waals surface area contributed by atoms with Crippen molar-refractivity contribution >= 4 is 21.9 Å². The van der Waals surface area contributed by atoms with Gasteiger partial charge in [-0.2, -0.15) is 0 Å². The van der Waals surface area contributed by atoms with E-state index in [1.165, 1.54) is 5.56 Å². The van der Waals surface area contributed by atoms with E-state index in [1.807, 2.05) is 41.2 Å². The molecule has 2 aromatic heterocycles. The molecule has 0 aliphatic rings. The molecule has 0 atom stereocenters. The summed E-state index contributed by atoms with van der Waals surface area (Å²) in [5.74, 6) is 0. The van der Waals surface area contributed by atoms with Crippen LogP contribution >= 0.6 is 0 Å². The van der Waals surface area contributed by atoms with Gasteiger partial charge in [0.15, 0.2) is 5.65 Å². The molecule has 20 heavy (non-hydrogen) atoms. The molecular formula is C17H13N3. The summed E-state index contributed by atoms with van der Waals surface area (Å²) in [6, 6.07) is 18.5. The molecule has 0 radical (unpaired) electrons. The Bertz CT molecular complexity index is 907. The molecule has 2 aromatic carbocycles. The summed E-state index contributed by atoms with van der Waals surface area (Å²) in [5, 5.41) is 6.78. The molecule has 2 heterocycles. The molecule has 0 unspecified atom stereocenters. The maximum atomic E-state index is 4.65. The van der Waals surface area contributed by atoms with E-state index in [0.29, 0.717) is 0 Å². The average Bonchev–Trinajstić information content (AvgIpc) is 2.88. The van der Waals surface area contributed by atoms with E-state index in [4.69, 9.17) is 0 Å². The topological polar surface area (TPSA) is 30.7 Å². The zero-order chi connectivity index (χ0) is 13.5. The van der Waals surface area contributed by atoms with Crippen molar-refractivity contribution in [2.75, 3.05) is 0 Å². The summed E-state index contributed by atoms with van der Waals surface area (Å²) in [5.41, 5.74) is 4.04. The SMILES string of the molecule is Cc1ccc2cc3cn(-c4ccccc4)nc3nc2c1. The minimum absolute atomic E-state index is 0.784. The molecule has 0 aliphatic carbocycles. The van der Waals surface area contributed by atoms with Gasteiger partial charge >= 0.3 is 0 Å². The quantitative estimate of drug-likeness (QED) is 0.519. The second-order valence-electron chi connectivity index (χ2n) is 5.01. The molecular weight excluding hydrogens is 246 g/mol. The normalized spacial score (nSPS) is 11.2. The first-order valence-corrected chi connectivity index (χ1v) is 6.62. The summed E-state index contributed by atoms with van der Waals surface area (Å²) < 4.78 is 1.88. The standard InChI is InChI=1S/C17H13N3/c1-12-7-8-13-10-14-11-20(15-5-3-2-4-6-15)19-17(14)18-16(13)9-12/h2-11H,1H3. The third-order valence-electron chi connectivity index (χ3n) is 3.47. The number of para-hydroxylation sites is 1. The van der Waals surface area contributed by atoms with Crippen molar-refractivity contribution in [1.82, 2.24) is 14.8 Å². The Morgan fingerprint density at radius 1 is 0.900 bits per heavy atom. The highest BCUT2D eigenvalue weighted by Crippen LogP contribution is 2.21. The molecule has 0 saturated heterocycles. The molecule has 0 bridgehead atoms. The molecule has 4 rings (SSSR count). The van der Waals surface area contributed by atoms with Crippen molar-refractivity contribution in [3.05, 3.63) is 66.4 Å². The van der Waals surface area contributed by atoms with Gasteiger partial charge in [-0.25, -0.2) is 9.67 Å². The van der Waals surface area contributed by atoms with Gasteiger partial charge in [0.2, 0.25) is 0 Å². The second-order valence-corrected chi connectivity index (χ2v) is 5.01. The van der Waals surface area contributed by atoms with Gasteiger partial charge in [0, 0.05) is 17.0 Å². The van der Waals surface area contributed by atoms with Crippen molar-refractivity contribution in [1.29, 1.82) is 0 Å². The fraction of sp³-hybridized carbons (Fsp3) is 0.0588. The van der Waals surface area contributed by atoms with Crippen LogP contribution in [0.25, 0.3) is 27.6 Å². The fourth-order valence-electron chi connectivity index (χ4n) is 2.43. The number of aromatic nitrogens is 3. The summed E-state index contributed by atoms with van der Waals surface area (Å²) in [4.78, 5) is 4.65. The monoisotopic (exact) mass is 259 g/mol. The van der Waals surface area contributed by atoms with Gasteiger partial charge in [-0.1, -0.05) is 30.3 Å². The van der Waals surface area contributed by atoms with Crippen LogP contribution in [0.3, 0.4) is 0 Å². The van der Waals surface area contributed by atoms with Crippen molar-refractivity contribution in [3.8, 4) is 5.69 Å². The Balaban J connectivity index is 1.97. The summed E-state index contributed by atoms with van der Waals surface area (Å²) in [7, 11) is 0. The predicted molar refractivity (Wildman–Crippen MR) is 81.1 cm³/mol. The third kappa shape index (κ3) is 1.75. The van der Waals surface area contributed by atoms with Crippen LogP contribution in [-0.2, 0) is 0 Å². The molecule has 0 N–H and O–H groups in total. The molecule has 0 aliphatic heterocycles. The van der Waals surface area contributed by atoms with Gasteiger partial charge in [0.25, 0.3) is 0 Å². The Morgan fingerprint density at radius 3 is 2.60 bits per heavy atom. The zero-order valence-electron chi connectivity index (χ0n) is 11.1. The second kappa shape index (κ2) is 4.17. The smallest absolute Gasteiger partial charge is 0.182 e. The van der Waals surface area contributed by atoms with Gasteiger partial charge < -0.3 is 0 Å². The minimum atomic E-state index is 0.784. The first-order valence-electron chi connectivity index (χ1n) is 6.62. The highest BCUT2D eigenvalue weighted by Gasteiger charge is 2.05. The van der Waals surface area contributed by atoms with E-state index in [0.717, 1.165) is 27.6 Å². The summed E-state index contributed by atoms with van der Waals surface area (Å²) >= 11 is 0. The van der Waals surface area contributed by atoms with Crippen LogP contribution in [-0.4, -0.2) is 14.8 Å². The Kier molecular flexibility index (Phi) is 2.33. The van der Waals surface area contributed by atoms with Crippen LogP contribution in [0, 0.1) is 6.92 Å². The first kappa shape index (κ1) is 11.2. The van der Waals surface area contributed by atoms with Gasteiger partial charge in [0.1, 0.15) is 0 Å². The Morgan fingerprint density at radius 2 is 1.75 bits per heavy atom. The summed E-state index contributed by atoms with van der Waals surface area (Å²) in [6.45, 7) is 2.08.